The molecule has 3 aromatic rings. The monoisotopic (exact) mass is 336 g/mol. The number of hydrogen-bond donors (Lipinski definition) is 4. The summed E-state index contributed by atoms with van der Waals surface area (Å²) in [6.07, 6.45) is 3.42. The number of nitrogens with zero attached hydrogens (tertiary/aromatic N) is 2. The van der Waals surface area contributed by atoms with Crippen molar-refractivity contribution in [3.63, 3.8) is 0 Å². The third kappa shape index (κ3) is 3.07. The minimum atomic E-state index is -0.0147. The molecule has 25 heavy (non-hydrogen) atoms. The number of rotatable bonds is 5. The van der Waals surface area contributed by atoms with Gasteiger partial charge >= 0.3 is 0 Å². The molecule has 0 unspecified atom stereocenters. The van der Waals surface area contributed by atoms with Gasteiger partial charge in [0.15, 0.2) is 5.82 Å². The lowest BCUT2D eigenvalue weighted by Crippen LogP contribution is -2.04. The molecule has 7 heteroatoms. The highest BCUT2D eigenvalue weighted by molar-refractivity contribution is 5.91. The van der Waals surface area contributed by atoms with Crippen LogP contribution < -0.4 is 10.6 Å². The molecule has 1 amide bonds. The van der Waals surface area contributed by atoms with Crippen LogP contribution in [0.1, 0.15) is 0 Å². The molecule has 3 rings (SSSR count). The maximum absolute atomic E-state index is 10.9. The van der Waals surface area contributed by atoms with E-state index < -0.39 is 0 Å². The Morgan fingerprint density at radius 2 is 1.84 bits per heavy atom. The molecule has 0 aliphatic rings. The minimum Gasteiger partial charge on any atom is -0.507 e. The molecule has 0 spiro atoms. The van der Waals surface area contributed by atoms with Gasteiger partial charge in [-0.25, -0.2) is 4.98 Å². The Bertz CT molecular complexity index is 928. The average molecular weight is 336 g/mol. The summed E-state index contributed by atoms with van der Waals surface area (Å²) in [4.78, 5) is 19.3. The van der Waals surface area contributed by atoms with Crippen molar-refractivity contribution >= 4 is 17.9 Å². The molecule has 0 saturated heterocycles. The summed E-state index contributed by atoms with van der Waals surface area (Å²) in [5.74, 6) is 0.339. The number of amides is 1. The maximum Gasteiger partial charge on any atom is 0.212 e. The molecule has 0 saturated carbocycles. The minimum absolute atomic E-state index is 0.0147. The van der Waals surface area contributed by atoms with Crippen molar-refractivity contribution in [1.29, 1.82) is 0 Å². The number of anilines is 2. The first-order chi connectivity index (χ1) is 12.2. The van der Waals surface area contributed by atoms with Crippen LogP contribution in [0.2, 0.25) is 0 Å². The second-order valence-corrected chi connectivity index (χ2v) is 5.20. The van der Waals surface area contributed by atoms with Crippen molar-refractivity contribution in [3.8, 4) is 33.9 Å². The summed E-state index contributed by atoms with van der Waals surface area (Å²) in [6, 6.07) is 10.1. The molecule has 2 aromatic heterocycles. The number of phenols is 1. The molecule has 0 aliphatic carbocycles. The van der Waals surface area contributed by atoms with Gasteiger partial charge in [-0.05, 0) is 24.3 Å². The zero-order valence-corrected chi connectivity index (χ0v) is 13.4. The largest absolute Gasteiger partial charge is 0.507 e. The van der Waals surface area contributed by atoms with Crippen molar-refractivity contribution in [2.45, 2.75) is 0 Å². The Morgan fingerprint density at radius 1 is 1.04 bits per heavy atom. The third-order valence-corrected chi connectivity index (χ3v) is 3.74. The summed E-state index contributed by atoms with van der Waals surface area (Å²) in [6.45, 7) is 0. The van der Waals surface area contributed by atoms with Crippen molar-refractivity contribution in [2.24, 2.45) is 0 Å². The van der Waals surface area contributed by atoms with Gasteiger partial charge in [-0.3, -0.25) is 9.78 Å². The van der Waals surface area contributed by atoms with E-state index in [1.54, 1.807) is 49.6 Å². The Labute approximate surface area is 144 Å². The van der Waals surface area contributed by atoms with E-state index in [2.05, 4.69) is 20.6 Å². The van der Waals surface area contributed by atoms with Gasteiger partial charge in [0, 0.05) is 29.9 Å². The predicted octanol–water partition coefficient (Wildman–Crippen LogP) is 2.83. The number of carbonyl (C=O) groups excluding carboxylic acids is 1. The maximum atomic E-state index is 10.9. The van der Waals surface area contributed by atoms with Crippen LogP contribution in [-0.2, 0) is 4.79 Å². The van der Waals surface area contributed by atoms with Gasteiger partial charge in [-0.15, -0.1) is 0 Å². The Hall–Kier alpha value is -3.61. The number of aromatic nitrogens is 2. The highest BCUT2D eigenvalue weighted by Gasteiger charge is 2.18. The molecule has 0 fully saturated rings. The number of pyridine rings is 2. The summed E-state index contributed by atoms with van der Waals surface area (Å²) in [5, 5.41) is 25.9. The van der Waals surface area contributed by atoms with E-state index in [-0.39, 0.29) is 11.5 Å². The van der Waals surface area contributed by atoms with E-state index in [9.17, 15) is 15.0 Å². The summed E-state index contributed by atoms with van der Waals surface area (Å²) >= 11 is 0. The van der Waals surface area contributed by atoms with Crippen molar-refractivity contribution < 1.29 is 15.0 Å². The molecule has 0 aliphatic heterocycles. The number of para-hydroxylation sites is 1. The topological polar surface area (TPSA) is 107 Å². The molecular formula is C18H16N4O3. The zero-order chi connectivity index (χ0) is 17.8. The lowest BCUT2D eigenvalue weighted by atomic mass is 9.98. The van der Waals surface area contributed by atoms with Gasteiger partial charge in [0.05, 0.1) is 17.6 Å². The highest BCUT2D eigenvalue weighted by Crippen LogP contribution is 2.41. The summed E-state index contributed by atoms with van der Waals surface area (Å²) in [5.41, 5.74) is 2.56. The summed E-state index contributed by atoms with van der Waals surface area (Å²) < 4.78 is 0. The van der Waals surface area contributed by atoms with E-state index in [0.717, 1.165) is 0 Å². The van der Waals surface area contributed by atoms with Gasteiger partial charge in [-0.2, -0.15) is 0 Å². The van der Waals surface area contributed by atoms with E-state index in [0.29, 0.717) is 40.3 Å². The first-order valence-corrected chi connectivity index (χ1v) is 7.50. The molecule has 0 atom stereocenters. The molecule has 126 valence electrons. The number of phenolic OH excluding ortho intramolecular Hbond substituents is 1. The molecule has 2 heterocycles. The van der Waals surface area contributed by atoms with Gasteiger partial charge in [0.2, 0.25) is 6.41 Å². The second kappa shape index (κ2) is 6.88. The van der Waals surface area contributed by atoms with Crippen LogP contribution in [0.4, 0.5) is 11.5 Å². The van der Waals surface area contributed by atoms with Crippen molar-refractivity contribution in [1.82, 2.24) is 9.97 Å². The van der Waals surface area contributed by atoms with Crippen LogP contribution in [0.15, 0.2) is 48.8 Å². The number of benzene rings is 1. The standard InChI is InChI=1S/C18H16N4O3/c1-19-14-8-13(11-6-7-20-9-16(11)25)17(22-18(14)21-10-23)12-4-2-3-5-15(12)24/h2-10,19,24-25H,1H3,(H,21,22,23). The normalized spacial score (nSPS) is 10.3. The Balaban J connectivity index is 2.34. The van der Waals surface area contributed by atoms with Crippen LogP contribution in [0, 0.1) is 0 Å². The molecule has 0 bridgehead atoms. The number of nitrogens with one attached hydrogen (secondary N) is 2. The smallest absolute Gasteiger partial charge is 0.212 e. The zero-order valence-electron chi connectivity index (χ0n) is 13.4. The fourth-order valence-corrected chi connectivity index (χ4v) is 2.57. The van der Waals surface area contributed by atoms with E-state index in [1.807, 2.05) is 0 Å². The van der Waals surface area contributed by atoms with Gasteiger partial charge in [-0.1, -0.05) is 12.1 Å². The second-order valence-electron chi connectivity index (χ2n) is 5.20. The molecule has 7 nitrogen and oxygen atoms in total. The Kier molecular flexibility index (Phi) is 4.47. The number of aromatic hydroxyl groups is 2. The fraction of sp³-hybridized carbons (Fsp3) is 0.0556. The van der Waals surface area contributed by atoms with Crippen LogP contribution in [0.5, 0.6) is 11.5 Å². The van der Waals surface area contributed by atoms with Crippen molar-refractivity contribution in [3.05, 3.63) is 48.8 Å². The quantitative estimate of drug-likeness (QED) is 0.534. The molecule has 4 N–H and O–H groups in total. The lowest BCUT2D eigenvalue weighted by molar-refractivity contribution is -0.105. The third-order valence-electron chi connectivity index (χ3n) is 3.74. The van der Waals surface area contributed by atoms with Crippen molar-refractivity contribution in [2.75, 3.05) is 17.7 Å². The Morgan fingerprint density at radius 3 is 2.52 bits per heavy atom. The molecule has 1 aromatic carbocycles. The van der Waals surface area contributed by atoms with Crippen LogP contribution >= 0.6 is 0 Å². The van der Waals surface area contributed by atoms with E-state index >= 15 is 0 Å². The van der Waals surface area contributed by atoms with Gasteiger partial charge in [0.1, 0.15) is 11.5 Å². The molecule has 0 radical (unpaired) electrons. The summed E-state index contributed by atoms with van der Waals surface area (Å²) in [7, 11) is 1.70. The number of hydrogen-bond acceptors (Lipinski definition) is 6. The number of carbonyl (C=O) groups is 1. The lowest BCUT2D eigenvalue weighted by Gasteiger charge is -2.16. The fourth-order valence-electron chi connectivity index (χ4n) is 2.57. The van der Waals surface area contributed by atoms with Crippen LogP contribution in [0.25, 0.3) is 22.4 Å². The molecular weight excluding hydrogens is 320 g/mol. The van der Waals surface area contributed by atoms with Gasteiger partial charge in [0.25, 0.3) is 0 Å². The van der Waals surface area contributed by atoms with Gasteiger partial charge < -0.3 is 20.8 Å². The van der Waals surface area contributed by atoms with E-state index in [4.69, 9.17) is 0 Å². The SMILES string of the molecule is CNc1cc(-c2ccncc2O)c(-c2ccccc2O)nc1NC=O. The average Bonchev–Trinajstić information content (AvgIpc) is 2.63. The van der Waals surface area contributed by atoms with Crippen LogP contribution in [0.3, 0.4) is 0 Å². The van der Waals surface area contributed by atoms with Crippen LogP contribution in [-0.4, -0.2) is 33.6 Å². The predicted molar refractivity (Wildman–Crippen MR) is 95.5 cm³/mol. The first kappa shape index (κ1) is 16.3. The first-order valence-electron chi connectivity index (χ1n) is 7.50. The highest BCUT2D eigenvalue weighted by atomic mass is 16.3. The van der Waals surface area contributed by atoms with E-state index in [1.165, 1.54) is 6.20 Å².